The Kier molecular flexibility index (Phi) is 4.15. The van der Waals surface area contributed by atoms with E-state index in [2.05, 4.69) is 21.8 Å². The molecule has 18 heavy (non-hydrogen) atoms. The van der Waals surface area contributed by atoms with Crippen molar-refractivity contribution >= 4 is 0 Å². The molecule has 1 aromatic carbocycles. The lowest BCUT2D eigenvalue weighted by atomic mass is 10.3. The van der Waals surface area contributed by atoms with Crippen LogP contribution in [0.4, 0.5) is 0 Å². The fourth-order valence-corrected chi connectivity index (χ4v) is 1.25. The first-order valence-corrected chi connectivity index (χ1v) is 5.46. The van der Waals surface area contributed by atoms with Crippen LogP contribution >= 0.6 is 0 Å². The Morgan fingerprint density at radius 1 is 1.11 bits per heavy atom. The van der Waals surface area contributed by atoms with Gasteiger partial charge in [-0.25, -0.2) is 9.97 Å². The second-order valence-corrected chi connectivity index (χ2v) is 3.33. The molecule has 0 radical (unpaired) electrons. The van der Waals surface area contributed by atoms with Crippen molar-refractivity contribution in [3.63, 3.8) is 0 Å². The number of nitrogens with zero attached hydrogens (tertiary/aromatic N) is 2. The van der Waals surface area contributed by atoms with Crippen molar-refractivity contribution in [1.82, 2.24) is 9.97 Å². The summed E-state index contributed by atoms with van der Waals surface area (Å²) in [4.78, 5) is 7.99. The van der Waals surface area contributed by atoms with Gasteiger partial charge in [-0.1, -0.05) is 24.1 Å². The monoisotopic (exact) mass is 240 g/mol. The summed E-state index contributed by atoms with van der Waals surface area (Å²) in [7, 11) is 0. The third-order valence-electron chi connectivity index (χ3n) is 2.05. The predicted molar refractivity (Wildman–Crippen MR) is 67.5 cm³/mol. The number of para-hydroxylation sites is 1. The molecule has 0 aliphatic rings. The van der Waals surface area contributed by atoms with Crippen LogP contribution in [0.5, 0.6) is 17.5 Å². The van der Waals surface area contributed by atoms with E-state index in [0.717, 1.165) is 5.75 Å². The average Bonchev–Trinajstić information content (AvgIpc) is 2.41. The molecular weight excluding hydrogens is 228 g/mol. The Labute approximate surface area is 106 Å². The van der Waals surface area contributed by atoms with Gasteiger partial charge in [0.25, 0.3) is 0 Å². The molecule has 0 spiro atoms. The summed E-state index contributed by atoms with van der Waals surface area (Å²) in [5.41, 5.74) is 0. The molecule has 2 aromatic rings. The van der Waals surface area contributed by atoms with Crippen LogP contribution in [0.15, 0.2) is 42.7 Å². The van der Waals surface area contributed by atoms with Crippen molar-refractivity contribution in [2.45, 2.75) is 6.92 Å². The van der Waals surface area contributed by atoms with Crippen LogP contribution < -0.4 is 9.47 Å². The van der Waals surface area contributed by atoms with Crippen LogP contribution in [-0.2, 0) is 0 Å². The minimum Gasteiger partial charge on any atom is -0.464 e. The van der Waals surface area contributed by atoms with Gasteiger partial charge in [-0.15, -0.1) is 5.92 Å². The van der Waals surface area contributed by atoms with Gasteiger partial charge in [0.05, 0.1) is 6.07 Å². The summed E-state index contributed by atoms with van der Waals surface area (Å²) < 4.78 is 10.9. The molecule has 0 fully saturated rings. The van der Waals surface area contributed by atoms with Crippen LogP contribution in [0.3, 0.4) is 0 Å². The quantitative estimate of drug-likeness (QED) is 0.771. The lowest BCUT2D eigenvalue weighted by Gasteiger charge is -2.05. The summed E-state index contributed by atoms with van der Waals surface area (Å²) in [5.74, 6) is 7.14. The Balaban J connectivity index is 2.04. The fourth-order valence-electron chi connectivity index (χ4n) is 1.25. The van der Waals surface area contributed by atoms with Crippen LogP contribution in [0, 0.1) is 11.8 Å². The number of rotatable bonds is 4. The Morgan fingerprint density at radius 3 is 2.67 bits per heavy atom. The molecule has 0 aliphatic carbocycles. The SMILES string of the molecule is CC#CCOc1cc(Oc2ccccc2)ncn1. The first-order valence-electron chi connectivity index (χ1n) is 5.46. The predicted octanol–water partition coefficient (Wildman–Crippen LogP) is 2.67. The second kappa shape index (κ2) is 6.26. The molecule has 0 saturated heterocycles. The van der Waals surface area contributed by atoms with Gasteiger partial charge in [-0.3, -0.25) is 0 Å². The molecule has 90 valence electrons. The highest BCUT2D eigenvalue weighted by atomic mass is 16.5. The lowest BCUT2D eigenvalue weighted by Crippen LogP contribution is -1.97. The fraction of sp³-hybridized carbons (Fsp3) is 0.143. The molecule has 4 heteroatoms. The zero-order valence-corrected chi connectivity index (χ0v) is 9.96. The van der Waals surface area contributed by atoms with Crippen LogP contribution in [0.1, 0.15) is 6.92 Å². The largest absolute Gasteiger partial charge is 0.464 e. The molecule has 0 bridgehead atoms. The highest BCUT2D eigenvalue weighted by Crippen LogP contribution is 2.20. The molecule has 1 heterocycles. The van der Waals surface area contributed by atoms with Gasteiger partial charge in [0, 0.05) is 0 Å². The molecule has 0 N–H and O–H groups in total. The van der Waals surface area contributed by atoms with Gasteiger partial charge >= 0.3 is 0 Å². The van der Waals surface area contributed by atoms with Gasteiger partial charge in [-0.2, -0.15) is 0 Å². The molecule has 0 amide bonds. The van der Waals surface area contributed by atoms with Crippen molar-refractivity contribution in [3.8, 4) is 29.4 Å². The maximum Gasteiger partial charge on any atom is 0.226 e. The molecule has 0 unspecified atom stereocenters. The van der Waals surface area contributed by atoms with Crippen molar-refractivity contribution < 1.29 is 9.47 Å². The number of hydrogen-bond acceptors (Lipinski definition) is 4. The van der Waals surface area contributed by atoms with Gasteiger partial charge < -0.3 is 9.47 Å². The highest BCUT2D eigenvalue weighted by Gasteiger charge is 2.01. The van der Waals surface area contributed by atoms with Crippen molar-refractivity contribution in [2.75, 3.05) is 6.61 Å². The highest BCUT2D eigenvalue weighted by molar-refractivity contribution is 5.28. The number of ether oxygens (including phenoxy) is 2. The number of benzene rings is 1. The van der Waals surface area contributed by atoms with Crippen LogP contribution in [0.25, 0.3) is 0 Å². The van der Waals surface area contributed by atoms with E-state index in [9.17, 15) is 0 Å². The number of hydrogen-bond donors (Lipinski definition) is 0. The normalized spacial score (nSPS) is 9.17. The van der Waals surface area contributed by atoms with E-state index < -0.39 is 0 Å². The van der Waals surface area contributed by atoms with E-state index in [4.69, 9.17) is 9.47 Å². The molecule has 2 rings (SSSR count). The minimum absolute atomic E-state index is 0.304. The summed E-state index contributed by atoms with van der Waals surface area (Å²) in [6.45, 7) is 2.06. The summed E-state index contributed by atoms with van der Waals surface area (Å²) in [5, 5.41) is 0. The second-order valence-electron chi connectivity index (χ2n) is 3.33. The summed E-state index contributed by atoms with van der Waals surface area (Å²) in [6, 6.07) is 11.0. The zero-order chi connectivity index (χ0) is 12.6. The lowest BCUT2D eigenvalue weighted by molar-refractivity contribution is 0.349. The van der Waals surface area contributed by atoms with E-state index in [0.29, 0.717) is 18.4 Å². The topological polar surface area (TPSA) is 44.2 Å². The molecule has 0 atom stereocenters. The van der Waals surface area contributed by atoms with E-state index in [-0.39, 0.29) is 0 Å². The van der Waals surface area contributed by atoms with Gasteiger partial charge in [0.2, 0.25) is 11.8 Å². The van der Waals surface area contributed by atoms with E-state index in [1.54, 1.807) is 13.0 Å². The Hall–Kier alpha value is -2.54. The van der Waals surface area contributed by atoms with Crippen molar-refractivity contribution in [2.24, 2.45) is 0 Å². The van der Waals surface area contributed by atoms with Crippen LogP contribution in [-0.4, -0.2) is 16.6 Å². The number of aromatic nitrogens is 2. The first kappa shape index (κ1) is 11.9. The smallest absolute Gasteiger partial charge is 0.226 e. The molecule has 1 aromatic heterocycles. The Morgan fingerprint density at radius 2 is 1.89 bits per heavy atom. The maximum absolute atomic E-state index is 5.56. The van der Waals surface area contributed by atoms with E-state index in [1.807, 2.05) is 30.3 Å². The maximum atomic E-state index is 5.56. The van der Waals surface area contributed by atoms with E-state index in [1.165, 1.54) is 6.33 Å². The summed E-state index contributed by atoms with van der Waals surface area (Å²) in [6.07, 6.45) is 1.40. The molecule has 0 saturated carbocycles. The van der Waals surface area contributed by atoms with Crippen molar-refractivity contribution in [1.29, 1.82) is 0 Å². The average molecular weight is 240 g/mol. The third kappa shape index (κ3) is 3.49. The van der Waals surface area contributed by atoms with E-state index >= 15 is 0 Å². The van der Waals surface area contributed by atoms with Gasteiger partial charge in [-0.05, 0) is 19.1 Å². The van der Waals surface area contributed by atoms with Gasteiger partial charge in [0.1, 0.15) is 12.1 Å². The molecule has 0 aliphatic heterocycles. The van der Waals surface area contributed by atoms with Crippen molar-refractivity contribution in [3.05, 3.63) is 42.7 Å². The summed E-state index contributed by atoms with van der Waals surface area (Å²) >= 11 is 0. The third-order valence-corrected chi connectivity index (χ3v) is 2.05. The molecule has 4 nitrogen and oxygen atoms in total. The zero-order valence-electron chi connectivity index (χ0n) is 9.96. The van der Waals surface area contributed by atoms with Gasteiger partial charge in [0.15, 0.2) is 6.61 Å². The standard InChI is InChI=1S/C14H12N2O2/c1-2-3-9-17-13-10-14(16-11-15-13)18-12-7-5-4-6-8-12/h4-8,10-11H,9H2,1H3. The molecular formula is C14H12N2O2. The van der Waals surface area contributed by atoms with Crippen LogP contribution in [0.2, 0.25) is 0 Å². The first-order chi connectivity index (χ1) is 8.88. The Bertz CT molecular complexity index is 559. The minimum atomic E-state index is 0.304.